The molecule has 1 unspecified atom stereocenters. The Morgan fingerprint density at radius 3 is 1.48 bits per heavy atom. The number of allylic oxidation sites excluding steroid dienone is 4. The van der Waals surface area contributed by atoms with E-state index in [2.05, 4.69) is 119 Å². The van der Waals surface area contributed by atoms with Crippen molar-refractivity contribution in [3.05, 3.63) is 130 Å². The molecule has 0 heterocycles. The zero-order valence-corrected chi connectivity index (χ0v) is 17.9. The van der Waals surface area contributed by atoms with Crippen LogP contribution >= 0.6 is 0 Å². The van der Waals surface area contributed by atoms with Gasteiger partial charge in [-0.05, 0) is 43.9 Å². The lowest BCUT2D eigenvalue weighted by molar-refractivity contribution is 0.526. The zero-order valence-electron chi connectivity index (χ0n) is 17.9. The molecular formula is C29H30. The molecule has 4 rings (SSSR count). The van der Waals surface area contributed by atoms with Crippen molar-refractivity contribution in [3.8, 4) is 0 Å². The summed E-state index contributed by atoms with van der Waals surface area (Å²) in [4.78, 5) is 0. The van der Waals surface area contributed by atoms with Gasteiger partial charge in [-0.1, -0.05) is 120 Å². The van der Waals surface area contributed by atoms with E-state index in [1.54, 1.807) is 0 Å². The summed E-state index contributed by atoms with van der Waals surface area (Å²) in [6.07, 6.45) is 8.28. The quantitative estimate of drug-likeness (QED) is 0.404. The Morgan fingerprint density at radius 2 is 1.14 bits per heavy atom. The standard InChI is InChI=1S/C29H30/c1-5-24-15-16-28(20-24)29(25-12-6-9-21(2)17-25,26-13-7-10-22(3)18-26)27-14-8-11-23(4)19-27/h6-20,28H,5H2,1-4H3. The minimum absolute atomic E-state index is 0.252. The molecule has 0 heteroatoms. The van der Waals surface area contributed by atoms with Crippen LogP contribution in [-0.2, 0) is 5.41 Å². The van der Waals surface area contributed by atoms with Crippen LogP contribution < -0.4 is 0 Å². The SMILES string of the molecule is CCC1=CC(C(c2cccc(C)c2)(c2cccc(C)c2)c2cccc(C)c2)C=C1. The summed E-state index contributed by atoms with van der Waals surface area (Å²) >= 11 is 0. The van der Waals surface area contributed by atoms with E-state index in [1.807, 2.05) is 0 Å². The van der Waals surface area contributed by atoms with E-state index in [0.717, 1.165) is 6.42 Å². The van der Waals surface area contributed by atoms with Crippen molar-refractivity contribution in [2.24, 2.45) is 5.92 Å². The first-order valence-corrected chi connectivity index (χ1v) is 10.6. The molecule has 146 valence electrons. The van der Waals surface area contributed by atoms with E-state index in [9.17, 15) is 0 Å². The van der Waals surface area contributed by atoms with Gasteiger partial charge < -0.3 is 0 Å². The van der Waals surface area contributed by atoms with Gasteiger partial charge in [0.05, 0.1) is 5.41 Å². The molecule has 0 aromatic heterocycles. The summed E-state index contributed by atoms with van der Waals surface area (Å²) < 4.78 is 0. The van der Waals surface area contributed by atoms with Crippen molar-refractivity contribution in [1.82, 2.24) is 0 Å². The summed E-state index contributed by atoms with van der Waals surface area (Å²) in [7, 11) is 0. The van der Waals surface area contributed by atoms with Crippen molar-refractivity contribution < 1.29 is 0 Å². The summed E-state index contributed by atoms with van der Waals surface area (Å²) in [5, 5.41) is 0. The lowest BCUT2D eigenvalue weighted by Crippen LogP contribution is -2.36. The average Bonchev–Trinajstić information content (AvgIpc) is 3.18. The molecule has 0 N–H and O–H groups in total. The highest BCUT2D eigenvalue weighted by Gasteiger charge is 2.43. The highest BCUT2D eigenvalue weighted by Crippen LogP contribution is 2.49. The highest BCUT2D eigenvalue weighted by molar-refractivity contribution is 5.57. The summed E-state index contributed by atoms with van der Waals surface area (Å²) in [6, 6.07) is 27.2. The molecule has 0 aliphatic heterocycles. The predicted molar refractivity (Wildman–Crippen MR) is 124 cm³/mol. The van der Waals surface area contributed by atoms with Crippen LogP contribution in [0, 0.1) is 26.7 Å². The Bertz CT molecular complexity index is 970. The first-order valence-electron chi connectivity index (χ1n) is 10.6. The third kappa shape index (κ3) is 3.49. The molecule has 1 aliphatic rings. The van der Waals surface area contributed by atoms with Gasteiger partial charge in [-0.15, -0.1) is 0 Å². The molecule has 0 spiro atoms. The van der Waals surface area contributed by atoms with Gasteiger partial charge in [-0.3, -0.25) is 0 Å². The average molecular weight is 379 g/mol. The minimum Gasteiger partial charge on any atom is -0.0758 e. The van der Waals surface area contributed by atoms with Crippen LogP contribution in [0.4, 0.5) is 0 Å². The Balaban J connectivity index is 2.11. The van der Waals surface area contributed by atoms with Crippen LogP contribution in [0.5, 0.6) is 0 Å². The topological polar surface area (TPSA) is 0 Å². The summed E-state index contributed by atoms with van der Waals surface area (Å²) in [5.41, 5.74) is 9.15. The Hall–Kier alpha value is -2.86. The molecule has 0 bridgehead atoms. The third-order valence-corrected chi connectivity index (χ3v) is 6.24. The molecule has 1 atom stereocenters. The molecule has 3 aromatic rings. The number of rotatable bonds is 5. The van der Waals surface area contributed by atoms with Crippen LogP contribution in [0.1, 0.15) is 46.7 Å². The minimum atomic E-state index is -0.252. The lowest BCUT2D eigenvalue weighted by Gasteiger charge is -2.40. The number of hydrogen-bond acceptors (Lipinski definition) is 0. The molecule has 0 saturated carbocycles. The maximum absolute atomic E-state index is 2.48. The zero-order chi connectivity index (χ0) is 20.4. The van der Waals surface area contributed by atoms with Crippen LogP contribution in [-0.4, -0.2) is 0 Å². The van der Waals surface area contributed by atoms with E-state index < -0.39 is 0 Å². The van der Waals surface area contributed by atoms with E-state index in [4.69, 9.17) is 0 Å². The van der Waals surface area contributed by atoms with E-state index in [1.165, 1.54) is 39.0 Å². The molecule has 1 aliphatic carbocycles. The van der Waals surface area contributed by atoms with Gasteiger partial charge in [0.2, 0.25) is 0 Å². The second-order valence-corrected chi connectivity index (χ2v) is 8.40. The largest absolute Gasteiger partial charge is 0.0758 e. The van der Waals surface area contributed by atoms with Crippen molar-refractivity contribution in [2.75, 3.05) is 0 Å². The van der Waals surface area contributed by atoms with Crippen molar-refractivity contribution in [2.45, 2.75) is 39.5 Å². The predicted octanol–water partition coefficient (Wildman–Crippen LogP) is 7.47. The molecule has 0 saturated heterocycles. The van der Waals surface area contributed by atoms with E-state index in [-0.39, 0.29) is 11.3 Å². The lowest BCUT2D eigenvalue weighted by atomic mass is 9.61. The summed E-state index contributed by atoms with van der Waals surface area (Å²) in [5.74, 6) is 0.280. The fraction of sp³-hybridized carbons (Fsp3) is 0.241. The Kier molecular flexibility index (Phi) is 5.28. The van der Waals surface area contributed by atoms with Crippen LogP contribution in [0.2, 0.25) is 0 Å². The smallest absolute Gasteiger partial charge is 0.0548 e. The maximum atomic E-state index is 2.48. The second-order valence-electron chi connectivity index (χ2n) is 8.40. The Morgan fingerprint density at radius 1 is 0.690 bits per heavy atom. The fourth-order valence-corrected chi connectivity index (χ4v) is 4.82. The van der Waals surface area contributed by atoms with Gasteiger partial charge in [-0.25, -0.2) is 0 Å². The van der Waals surface area contributed by atoms with Crippen molar-refractivity contribution >= 4 is 0 Å². The first-order chi connectivity index (χ1) is 14.0. The Labute approximate surface area is 175 Å². The van der Waals surface area contributed by atoms with Crippen molar-refractivity contribution in [3.63, 3.8) is 0 Å². The van der Waals surface area contributed by atoms with Gasteiger partial charge >= 0.3 is 0 Å². The van der Waals surface area contributed by atoms with Gasteiger partial charge in [0.15, 0.2) is 0 Å². The van der Waals surface area contributed by atoms with Gasteiger partial charge in [0.1, 0.15) is 0 Å². The highest BCUT2D eigenvalue weighted by atomic mass is 14.4. The molecule has 0 amide bonds. The summed E-state index contributed by atoms with van der Waals surface area (Å²) in [6.45, 7) is 8.82. The van der Waals surface area contributed by atoms with E-state index >= 15 is 0 Å². The first kappa shape index (κ1) is 19.5. The normalized spacial score (nSPS) is 16.1. The van der Waals surface area contributed by atoms with Crippen LogP contribution in [0.3, 0.4) is 0 Å². The van der Waals surface area contributed by atoms with Crippen LogP contribution in [0.25, 0.3) is 0 Å². The van der Waals surface area contributed by atoms with E-state index in [0.29, 0.717) is 0 Å². The van der Waals surface area contributed by atoms with Crippen LogP contribution in [0.15, 0.2) is 96.6 Å². The molecule has 29 heavy (non-hydrogen) atoms. The number of aryl methyl sites for hydroxylation is 3. The second kappa shape index (κ2) is 7.87. The third-order valence-electron chi connectivity index (χ3n) is 6.24. The number of hydrogen-bond donors (Lipinski definition) is 0. The maximum Gasteiger partial charge on any atom is 0.0548 e. The van der Waals surface area contributed by atoms with Gasteiger partial charge in [0.25, 0.3) is 0 Å². The fourth-order valence-electron chi connectivity index (χ4n) is 4.82. The molecular weight excluding hydrogens is 348 g/mol. The van der Waals surface area contributed by atoms with Gasteiger partial charge in [0, 0.05) is 5.92 Å². The molecule has 0 nitrogen and oxygen atoms in total. The van der Waals surface area contributed by atoms with Crippen molar-refractivity contribution in [1.29, 1.82) is 0 Å². The molecule has 0 radical (unpaired) electrons. The number of benzene rings is 3. The van der Waals surface area contributed by atoms with Gasteiger partial charge in [-0.2, -0.15) is 0 Å². The monoisotopic (exact) mass is 378 g/mol. The molecule has 3 aromatic carbocycles. The molecule has 0 fully saturated rings.